The maximum absolute atomic E-state index is 10.3. The van der Waals surface area contributed by atoms with Gasteiger partial charge in [-0.2, -0.15) is 0 Å². The van der Waals surface area contributed by atoms with Crippen molar-refractivity contribution in [3.8, 4) is 5.75 Å². The van der Waals surface area contributed by atoms with Crippen LogP contribution in [-0.4, -0.2) is 23.1 Å². The fraction of sp³-hybridized carbons (Fsp3) is 0.500. The zero-order valence-electron chi connectivity index (χ0n) is 9.65. The molecule has 1 aliphatic rings. The highest BCUT2D eigenvalue weighted by atomic mass is 17.1. The van der Waals surface area contributed by atoms with Gasteiger partial charge in [-0.1, -0.05) is 12.1 Å². The van der Waals surface area contributed by atoms with Gasteiger partial charge in [-0.05, 0) is 25.5 Å². The molecule has 2 atom stereocenters. The highest BCUT2D eigenvalue weighted by Crippen LogP contribution is 2.49. The predicted molar refractivity (Wildman–Crippen MR) is 58.4 cm³/mol. The molecule has 1 aromatic carbocycles. The molecule has 1 aliphatic carbocycles. The van der Waals surface area contributed by atoms with Crippen molar-refractivity contribution in [2.45, 2.75) is 31.5 Å². The fourth-order valence-electron chi connectivity index (χ4n) is 2.39. The molecule has 0 saturated carbocycles. The lowest BCUT2D eigenvalue weighted by molar-refractivity contribution is -0.359. The van der Waals surface area contributed by atoms with Gasteiger partial charge in [0.1, 0.15) is 11.4 Å². The molecule has 0 fully saturated rings. The molecule has 16 heavy (non-hydrogen) atoms. The van der Waals surface area contributed by atoms with Gasteiger partial charge in [0, 0.05) is 12.0 Å². The molecule has 1 aromatic rings. The van der Waals surface area contributed by atoms with Crippen molar-refractivity contribution in [1.29, 1.82) is 0 Å². The molecule has 0 spiro atoms. The van der Waals surface area contributed by atoms with Crippen molar-refractivity contribution in [2.24, 2.45) is 0 Å². The number of rotatable bonds is 2. The highest BCUT2D eigenvalue weighted by molar-refractivity contribution is 5.50. The Balaban J connectivity index is 2.66. The first kappa shape index (κ1) is 11.4. The Hall–Kier alpha value is -1.10. The Kier molecular flexibility index (Phi) is 2.45. The van der Waals surface area contributed by atoms with Crippen molar-refractivity contribution >= 4 is 0 Å². The third-order valence-corrected chi connectivity index (χ3v) is 3.55. The number of hydrogen-bond acceptors (Lipinski definition) is 4. The zero-order valence-corrected chi connectivity index (χ0v) is 9.65. The van der Waals surface area contributed by atoms with E-state index >= 15 is 0 Å². The van der Waals surface area contributed by atoms with Gasteiger partial charge in [0.15, 0.2) is 5.60 Å². The summed E-state index contributed by atoms with van der Waals surface area (Å²) in [6, 6.07) is 5.55. The summed E-state index contributed by atoms with van der Waals surface area (Å²) in [5.74, 6) is 0.617. The molecule has 0 aliphatic heterocycles. The summed E-state index contributed by atoms with van der Waals surface area (Å²) < 4.78 is 5.25. The number of aliphatic hydroxyl groups is 1. The SMILES string of the molecule is COc1cccc2c1C(C)(OO)C(C)(O)C2. The number of fused-ring (bicyclic) bond motifs is 1. The third-order valence-electron chi connectivity index (χ3n) is 3.55. The maximum atomic E-state index is 10.3. The van der Waals surface area contributed by atoms with Crippen molar-refractivity contribution in [2.75, 3.05) is 7.11 Å². The van der Waals surface area contributed by atoms with Gasteiger partial charge in [0.2, 0.25) is 0 Å². The normalized spacial score (nSPS) is 32.6. The molecule has 2 rings (SSSR count). The van der Waals surface area contributed by atoms with Crippen LogP contribution in [0.4, 0.5) is 0 Å². The molecule has 0 saturated heterocycles. The lowest BCUT2D eigenvalue weighted by Gasteiger charge is -2.34. The van der Waals surface area contributed by atoms with Gasteiger partial charge in [-0.3, -0.25) is 5.26 Å². The number of hydrogen-bond donors (Lipinski definition) is 2. The molecule has 0 amide bonds. The Bertz CT molecular complexity index is 413. The van der Waals surface area contributed by atoms with E-state index in [9.17, 15) is 5.11 Å². The summed E-state index contributed by atoms with van der Waals surface area (Å²) in [4.78, 5) is 4.55. The van der Waals surface area contributed by atoms with Gasteiger partial charge >= 0.3 is 0 Å². The zero-order chi connectivity index (χ0) is 12.0. The lowest BCUT2D eigenvalue weighted by Crippen LogP contribution is -2.45. The minimum atomic E-state index is -1.16. The van der Waals surface area contributed by atoms with E-state index in [2.05, 4.69) is 4.89 Å². The average molecular weight is 224 g/mol. The van der Waals surface area contributed by atoms with Gasteiger partial charge < -0.3 is 9.84 Å². The molecule has 2 N–H and O–H groups in total. The van der Waals surface area contributed by atoms with E-state index in [1.165, 1.54) is 0 Å². The second kappa shape index (κ2) is 3.45. The average Bonchev–Trinajstić information content (AvgIpc) is 2.47. The number of ether oxygens (including phenoxy) is 1. The van der Waals surface area contributed by atoms with Crippen molar-refractivity contribution in [3.05, 3.63) is 29.3 Å². The van der Waals surface area contributed by atoms with Crippen LogP contribution in [0.1, 0.15) is 25.0 Å². The molecule has 0 radical (unpaired) electrons. The van der Waals surface area contributed by atoms with E-state index in [1.54, 1.807) is 27.0 Å². The Morgan fingerprint density at radius 3 is 2.56 bits per heavy atom. The molecule has 0 bridgehead atoms. The van der Waals surface area contributed by atoms with Crippen molar-refractivity contribution in [3.63, 3.8) is 0 Å². The molecule has 0 heterocycles. The van der Waals surface area contributed by atoms with Crippen LogP contribution in [0.3, 0.4) is 0 Å². The van der Waals surface area contributed by atoms with E-state index in [1.807, 2.05) is 12.1 Å². The largest absolute Gasteiger partial charge is 0.496 e. The highest BCUT2D eigenvalue weighted by Gasteiger charge is 2.54. The second-order valence-electron chi connectivity index (χ2n) is 4.57. The molecule has 4 heteroatoms. The van der Waals surface area contributed by atoms with Crippen molar-refractivity contribution < 1.29 is 20.0 Å². The van der Waals surface area contributed by atoms with E-state index < -0.39 is 11.2 Å². The summed E-state index contributed by atoms with van der Waals surface area (Å²) >= 11 is 0. The molecule has 0 aromatic heterocycles. The number of methoxy groups -OCH3 is 1. The second-order valence-corrected chi connectivity index (χ2v) is 4.57. The van der Waals surface area contributed by atoms with E-state index in [4.69, 9.17) is 9.99 Å². The third kappa shape index (κ3) is 1.27. The standard InChI is InChI=1S/C12H16O4/c1-11(13)7-8-5-4-6-9(15-3)10(8)12(11,2)16-14/h4-6,13-14H,7H2,1-3H3. The summed E-state index contributed by atoms with van der Waals surface area (Å²) in [5.41, 5.74) is -0.668. The summed E-state index contributed by atoms with van der Waals surface area (Å²) in [6.45, 7) is 3.30. The monoisotopic (exact) mass is 224 g/mol. The first-order chi connectivity index (χ1) is 7.46. The van der Waals surface area contributed by atoms with Crippen LogP contribution in [-0.2, 0) is 16.9 Å². The molecular weight excluding hydrogens is 208 g/mol. The minimum absolute atomic E-state index is 0.427. The molecule has 88 valence electrons. The number of benzene rings is 1. The minimum Gasteiger partial charge on any atom is -0.496 e. The summed E-state index contributed by atoms with van der Waals surface area (Å²) in [5, 5.41) is 19.4. The molecule has 4 nitrogen and oxygen atoms in total. The van der Waals surface area contributed by atoms with Crippen LogP contribution in [0.25, 0.3) is 0 Å². The Labute approximate surface area is 94.4 Å². The first-order valence-corrected chi connectivity index (χ1v) is 5.17. The smallest absolute Gasteiger partial charge is 0.158 e. The van der Waals surface area contributed by atoms with Crippen LogP contribution in [0, 0.1) is 0 Å². The van der Waals surface area contributed by atoms with Gasteiger partial charge in [0.25, 0.3) is 0 Å². The molecular formula is C12H16O4. The van der Waals surface area contributed by atoms with Crippen molar-refractivity contribution in [1.82, 2.24) is 0 Å². The van der Waals surface area contributed by atoms with E-state index in [-0.39, 0.29) is 0 Å². The summed E-state index contributed by atoms with van der Waals surface area (Å²) in [7, 11) is 1.56. The quantitative estimate of drug-likeness (QED) is 0.593. The lowest BCUT2D eigenvalue weighted by atomic mass is 9.86. The van der Waals surface area contributed by atoms with E-state index in [0.29, 0.717) is 17.7 Å². The first-order valence-electron chi connectivity index (χ1n) is 5.17. The maximum Gasteiger partial charge on any atom is 0.158 e. The van der Waals surface area contributed by atoms with Crippen LogP contribution in [0.5, 0.6) is 5.75 Å². The van der Waals surface area contributed by atoms with Gasteiger partial charge in [-0.25, -0.2) is 4.89 Å². The predicted octanol–water partition coefficient (Wildman–Crippen LogP) is 1.71. The van der Waals surface area contributed by atoms with Crippen LogP contribution in [0.2, 0.25) is 0 Å². The Morgan fingerprint density at radius 1 is 1.31 bits per heavy atom. The topological polar surface area (TPSA) is 58.9 Å². The molecule has 2 unspecified atom stereocenters. The Morgan fingerprint density at radius 2 is 2.00 bits per heavy atom. The van der Waals surface area contributed by atoms with Crippen LogP contribution in [0.15, 0.2) is 18.2 Å². The van der Waals surface area contributed by atoms with Crippen LogP contribution >= 0.6 is 0 Å². The summed E-state index contributed by atoms with van der Waals surface area (Å²) in [6.07, 6.45) is 0.427. The van der Waals surface area contributed by atoms with E-state index in [0.717, 1.165) is 5.56 Å². The van der Waals surface area contributed by atoms with Gasteiger partial charge in [-0.15, -0.1) is 0 Å². The van der Waals surface area contributed by atoms with Crippen LogP contribution < -0.4 is 4.74 Å². The van der Waals surface area contributed by atoms with Gasteiger partial charge in [0.05, 0.1) is 7.11 Å². The fourth-order valence-corrected chi connectivity index (χ4v) is 2.39.